The van der Waals surface area contributed by atoms with Gasteiger partial charge in [0.05, 0.1) is 11.9 Å². The summed E-state index contributed by atoms with van der Waals surface area (Å²) in [5.41, 5.74) is 1.53. The number of amides is 1. The summed E-state index contributed by atoms with van der Waals surface area (Å²) in [6, 6.07) is 10.1. The van der Waals surface area contributed by atoms with E-state index in [0.29, 0.717) is 16.8 Å². The van der Waals surface area contributed by atoms with Crippen LogP contribution in [0.2, 0.25) is 5.28 Å². The third kappa shape index (κ3) is 3.14. The minimum Gasteiger partial charge on any atom is -0.481 e. The van der Waals surface area contributed by atoms with Gasteiger partial charge < -0.3 is 10.4 Å². The van der Waals surface area contributed by atoms with Gasteiger partial charge in [-0.25, -0.2) is 9.50 Å². The van der Waals surface area contributed by atoms with Crippen LogP contribution in [-0.4, -0.2) is 31.6 Å². The number of carboxylic acids is 1. The summed E-state index contributed by atoms with van der Waals surface area (Å²) in [5.74, 6) is -1.47. The van der Waals surface area contributed by atoms with Gasteiger partial charge in [0, 0.05) is 11.9 Å². The van der Waals surface area contributed by atoms with E-state index in [2.05, 4.69) is 15.4 Å². The quantitative estimate of drug-likeness (QED) is 0.765. The third-order valence-electron chi connectivity index (χ3n) is 3.19. The van der Waals surface area contributed by atoms with Gasteiger partial charge in [0.2, 0.25) is 5.28 Å². The Labute approximate surface area is 135 Å². The van der Waals surface area contributed by atoms with Gasteiger partial charge in [0.25, 0.3) is 5.91 Å². The van der Waals surface area contributed by atoms with Crippen LogP contribution >= 0.6 is 11.6 Å². The molecule has 0 radical (unpaired) electrons. The van der Waals surface area contributed by atoms with Crippen LogP contribution in [0.15, 0.2) is 42.6 Å². The molecule has 0 aliphatic rings. The number of aliphatic carboxylic acids is 1. The topological polar surface area (TPSA) is 96.6 Å². The highest BCUT2D eigenvalue weighted by Crippen LogP contribution is 2.18. The van der Waals surface area contributed by atoms with Crippen molar-refractivity contribution in [1.29, 1.82) is 0 Å². The van der Waals surface area contributed by atoms with E-state index in [9.17, 15) is 9.59 Å². The lowest BCUT2D eigenvalue weighted by molar-refractivity contribution is -0.136. The number of anilines is 1. The largest absolute Gasteiger partial charge is 0.481 e. The van der Waals surface area contributed by atoms with Crippen molar-refractivity contribution < 1.29 is 14.7 Å². The van der Waals surface area contributed by atoms with Crippen LogP contribution in [0.3, 0.4) is 0 Å². The molecule has 0 fully saturated rings. The molecule has 23 heavy (non-hydrogen) atoms. The van der Waals surface area contributed by atoms with Crippen molar-refractivity contribution in [1.82, 2.24) is 14.6 Å². The smallest absolute Gasteiger partial charge is 0.307 e. The highest BCUT2D eigenvalue weighted by atomic mass is 35.5. The fourth-order valence-corrected chi connectivity index (χ4v) is 2.38. The van der Waals surface area contributed by atoms with E-state index in [-0.39, 0.29) is 17.4 Å². The number of rotatable bonds is 4. The number of para-hydroxylation sites is 1. The molecule has 0 atom stereocenters. The van der Waals surface area contributed by atoms with Gasteiger partial charge in [0.15, 0.2) is 5.69 Å². The zero-order chi connectivity index (χ0) is 16.4. The molecule has 3 rings (SSSR count). The normalized spacial score (nSPS) is 10.7. The van der Waals surface area contributed by atoms with E-state index in [4.69, 9.17) is 16.7 Å². The number of halogens is 1. The predicted octanol–water partition coefficient (Wildman–Crippen LogP) is 2.26. The molecule has 0 unspecified atom stereocenters. The molecule has 0 aliphatic heterocycles. The van der Waals surface area contributed by atoms with E-state index < -0.39 is 11.9 Å². The van der Waals surface area contributed by atoms with Crippen molar-refractivity contribution in [3.05, 3.63) is 59.1 Å². The number of benzene rings is 1. The van der Waals surface area contributed by atoms with Gasteiger partial charge in [-0.05, 0) is 35.4 Å². The molecule has 3 aromatic rings. The van der Waals surface area contributed by atoms with Gasteiger partial charge in [-0.3, -0.25) is 9.59 Å². The first kappa shape index (κ1) is 15.0. The number of carboxylic acid groups (broad SMARTS) is 1. The van der Waals surface area contributed by atoms with E-state index >= 15 is 0 Å². The molecule has 7 nitrogen and oxygen atoms in total. The van der Waals surface area contributed by atoms with Crippen molar-refractivity contribution in [2.75, 3.05) is 5.32 Å². The first-order chi connectivity index (χ1) is 11.0. The standard InChI is InChI=1S/C15H11ClN4O3/c16-15-18-13(11-6-3-7-20(11)19-15)14(23)17-10-5-2-1-4-9(10)8-12(21)22/h1-7H,8H2,(H,17,23)(H,21,22). The van der Waals surface area contributed by atoms with Gasteiger partial charge in [0.1, 0.15) is 0 Å². The number of nitrogens with zero attached hydrogens (tertiary/aromatic N) is 3. The predicted molar refractivity (Wildman–Crippen MR) is 83.7 cm³/mol. The van der Waals surface area contributed by atoms with Gasteiger partial charge in [-0.2, -0.15) is 0 Å². The molecule has 1 amide bonds. The molecule has 0 aliphatic carbocycles. The summed E-state index contributed by atoms with van der Waals surface area (Å²) in [6.07, 6.45) is 1.46. The molecule has 116 valence electrons. The summed E-state index contributed by atoms with van der Waals surface area (Å²) in [7, 11) is 0. The van der Waals surface area contributed by atoms with E-state index in [0.717, 1.165) is 0 Å². The number of carbonyl (C=O) groups is 2. The first-order valence-corrected chi connectivity index (χ1v) is 7.04. The molecule has 0 saturated heterocycles. The Morgan fingerprint density at radius 3 is 2.78 bits per heavy atom. The molecule has 2 N–H and O–H groups in total. The Kier molecular flexibility index (Phi) is 3.94. The fraction of sp³-hybridized carbons (Fsp3) is 0.0667. The molecule has 0 bridgehead atoms. The molecule has 2 heterocycles. The molecule has 0 saturated carbocycles. The van der Waals surface area contributed by atoms with Gasteiger partial charge in [-0.15, -0.1) is 5.10 Å². The number of nitrogens with one attached hydrogen (secondary N) is 1. The monoisotopic (exact) mass is 330 g/mol. The van der Waals surface area contributed by atoms with Crippen molar-refractivity contribution in [3.8, 4) is 0 Å². The Bertz CT molecular complexity index is 907. The number of hydrogen-bond donors (Lipinski definition) is 2. The second kappa shape index (κ2) is 6.05. The molecule has 2 aromatic heterocycles. The number of fused-ring (bicyclic) bond motifs is 1. The number of carbonyl (C=O) groups excluding carboxylic acids is 1. The molecular weight excluding hydrogens is 320 g/mol. The zero-order valence-corrected chi connectivity index (χ0v) is 12.5. The second-order valence-electron chi connectivity index (χ2n) is 4.75. The summed E-state index contributed by atoms with van der Waals surface area (Å²) in [5, 5.41) is 15.5. The summed E-state index contributed by atoms with van der Waals surface area (Å²) in [4.78, 5) is 27.4. The molecular formula is C15H11ClN4O3. The summed E-state index contributed by atoms with van der Waals surface area (Å²) in [6.45, 7) is 0. The van der Waals surface area contributed by atoms with Crippen LogP contribution in [0.5, 0.6) is 0 Å². The lowest BCUT2D eigenvalue weighted by Crippen LogP contribution is -2.17. The van der Waals surface area contributed by atoms with Crippen molar-refractivity contribution in [2.45, 2.75) is 6.42 Å². The summed E-state index contributed by atoms with van der Waals surface area (Å²) >= 11 is 5.83. The highest BCUT2D eigenvalue weighted by Gasteiger charge is 2.16. The maximum Gasteiger partial charge on any atom is 0.307 e. The maximum absolute atomic E-state index is 12.5. The van der Waals surface area contributed by atoms with Gasteiger partial charge >= 0.3 is 5.97 Å². The third-order valence-corrected chi connectivity index (χ3v) is 3.35. The van der Waals surface area contributed by atoms with Crippen LogP contribution in [0.1, 0.15) is 16.1 Å². The van der Waals surface area contributed by atoms with E-state index in [1.165, 1.54) is 4.52 Å². The van der Waals surface area contributed by atoms with Crippen LogP contribution < -0.4 is 5.32 Å². The zero-order valence-electron chi connectivity index (χ0n) is 11.7. The van der Waals surface area contributed by atoms with Crippen LogP contribution in [-0.2, 0) is 11.2 Å². The number of hydrogen-bond acceptors (Lipinski definition) is 4. The van der Waals surface area contributed by atoms with E-state index in [1.54, 1.807) is 42.6 Å². The molecule has 0 spiro atoms. The van der Waals surface area contributed by atoms with Crippen molar-refractivity contribution in [3.63, 3.8) is 0 Å². The van der Waals surface area contributed by atoms with Crippen molar-refractivity contribution >= 4 is 34.7 Å². The Hall–Kier alpha value is -2.93. The number of aromatic nitrogens is 3. The Balaban J connectivity index is 1.95. The minimum atomic E-state index is -0.981. The maximum atomic E-state index is 12.5. The minimum absolute atomic E-state index is 0.0577. The van der Waals surface area contributed by atoms with Crippen LogP contribution in [0, 0.1) is 0 Å². The van der Waals surface area contributed by atoms with E-state index in [1.807, 2.05) is 0 Å². The average Bonchev–Trinajstić information content (AvgIpc) is 2.95. The lowest BCUT2D eigenvalue weighted by Gasteiger charge is -2.10. The lowest BCUT2D eigenvalue weighted by atomic mass is 10.1. The summed E-state index contributed by atoms with van der Waals surface area (Å²) < 4.78 is 1.45. The van der Waals surface area contributed by atoms with Crippen LogP contribution in [0.4, 0.5) is 5.69 Å². The first-order valence-electron chi connectivity index (χ1n) is 6.66. The van der Waals surface area contributed by atoms with Crippen molar-refractivity contribution in [2.24, 2.45) is 0 Å². The van der Waals surface area contributed by atoms with Crippen LogP contribution in [0.25, 0.3) is 5.52 Å². The fourth-order valence-electron chi connectivity index (χ4n) is 2.22. The SMILES string of the molecule is O=C(O)Cc1ccccc1NC(=O)c1nc(Cl)nn2cccc12. The Morgan fingerprint density at radius 1 is 1.22 bits per heavy atom. The van der Waals surface area contributed by atoms with Gasteiger partial charge in [-0.1, -0.05) is 18.2 Å². The highest BCUT2D eigenvalue weighted by molar-refractivity contribution is 6.28. The molecule has 8 heteroatoms. The Morgan fingerprint density at radius 2 is 2.00 bits per heavy atom. The second-order valence-corrected chi connectivity index (χ2v) is 5.09. The molecule has 1 aromatic carbocycles. The average molecular weight is 331 g/mol.